The number of thiol groups is 1. The van der Waals surface area contributed by atoms with Crippen LogP contribution in [0.25, 0.3) is 0 Å². The minimum Gasteiger partial charge on any atom is -0.179 e. The van der Waals surface area contributed by atoms with Crippen LogP contribution in [-0.4, -0.2) is 28.0 Å². The third-order valence-corrected chi connectivity index (χ3v) is 5.28. The third kappa shape index (κ3) is 6.04. The Hall–Kier alpha value is 0.610. The Morgan fingerprint density at radius 3 is 2.53 bits per heavy atom. The molecule has 0 aliphatic heterocycles. The minimum atomic E-state index is 1.01. The maximum atomic E-state index is 4.19. The van der Waals surface area contributed by atoms with Gasteiger partial charge in [0.25, 0.3) is 0 Å². The van der Waals surface area contributed by atoms with Crippen LogP contribution in [0.5, 0.6) is 0 Å². The van der Waals surface area contributed by atoms with Crippen molar-refractivity contribution in [1.82, 2.24) is 10.2 Å². The van der Waals surface area contributed by atoms with Crippen LogP contribution < -0.4 is 0 Å². The van der Waals surface area contributed by atoms with Crippen LogP contribution >= 0.6 is 47.5 Å². The molecule has 1 heterocycles. The fourth-order valence-corrected chi connectivity index (χ4v) is 3.80. The highest BCUT2D eigenvalue weighted by Crippen LogP contribution is 2.27. The molecule has 0 saturated heterocycles. The van der Waals surface area contributed by atoms with Gasteiger partial charge in [0, 0.05) is 5.75 Å². The number of unbranched alkanes of at least 4 members (excludes halogenated alkanes) is 3. The standard InChI is InChI=1S/C9H16N2S4/c1-13-8-10-11-9(15-8)14-7-5-3-2-4-6-12/h12H,2-7H2,1H3. The highest BCUT2D eigenvalue weighted by molar-refractivity contribution is 8.02. The van der Waals surface area contributed by atoms with Crippen LogP contribution in [0.1, 0.15) is 25.7 Å². The summed E-state index contributed by atoms with van der Waals surface area (Å²) in [5.74, 6) is 2.18. The van der Waals surface area contributed by atoms with Crippen molar-refractivity contribution in [3.63, 3.8) is 0 Å². The van der Waals surface area contributed by atoms with Gasteiger partial charge in [-0.25, -0.2) is 0 Å². The second kappa shape index (κ2) is 8.73. The van der Waals surface area contributed by atoms with E-state index in [1.807, 2.05) is 18.0 Å². The lowest BCUT2D eigenvalue weighted by Gasteiger charge is -1.97. The highest BCUT2D eigenvalue weighted by Gasteiger charge is 2.02. The number of hydrogen-bond acceptors (Lipinski definition) is 6. The molecular weight excluding hydrogens is 264 g/mol. The van der Waals surface area contributed by atoms with Gasteiger partial charge in [0.15, 0.2) is 8.68 Å². The summed E-state index contributed by atoms with van der Waals surface area (Å²) in [6.07, 6.45) is 7.15. The summed E-state index contributed by atoms with van der Waals surface area (Å²) in [7, 11) is 0. The molecule has 0 aliphatic rings. The molecule has 1 rings (SSSR count). The van der Waals surface area contributed by atoms with E-state index in [-0.39, 0.29) is 0 Å². The van der Waals surface area contributed by atoms with Gasteiger partial charge in [-0.2, -0.15) is 12.6 Å². The molecule has 0 saturated carbocycles. The van der Waals surface area contributed by atoms with Gasteiger partial charge in [0.1, 0.15) is 0 Å². The summed E-state index contributed by atoms with van der Waals surface area (Å²) < 4.78 is 2.17. The van der Waals surface area contributed by atoms with Crippen LogP contribution in [0.2, 0.25) is 0 Å². The Balaban J connectivity index is 2.04. The van der Waals surface area contributed by atoms with Crippen molar-refractivity contribution in [3.8, 4) is 0 Å². The summed E-state index contributed by atoms with van der Waals surface area (Å²) >= 11 is 9.38. The zero-order chi connectivity index (χ0) is 10.9. The fourth-order valence-electron chi connectivity index (χ4n) is 1.06. The zero-order valence-electron chi connectivity index (χ0n) is 8.81. The van der Waals surface area contributed by atoms with Crippen molar-refractivity contribution in [2.75, 3.05) is 17.8 Å². The average molecular weight is 281 g/mol. The van der Waals surface area contributed by atoms with Gasteiger partial charge >= 0.3 is 0 Å². The molecule has 0 amide bonds. The molecule has 86 valence electrons. The lowest BCUT2D eigenvalue weighted by atomic mass is 10.2. The predicted octanol–water partition coefficient (Wildman–Crippen LogP) is 3.84. The van der Waals surface area contributed by atoms with E-state index in [0.29, 0.717) is 0 Å². The molecule has 0 N–H and O–H groups in total. The lowest BCUT2D eigenvalue weighted by Crippen LogP contribution is -1.82. The third-order valence-electron chi connectivity index (χ3n) is 1.84. The maximum Gasteiger partial charge on any atom is 0.175 e. The molecule has 0 aliphatic carbocycles. The number of nitrogens with zero attached hydrogens (tertiary/aromatic N) is 2. The van der Waals surface area contributed by atoms with Crippen LogP contribution in [0.4, 0.5) is 0 Å². The van der Waals surface area contributed by atoms with E-state index < -0.39 is 0 Å². The molecule has 0 radical (unpaired) electrons. The van der Waals surface area contributed by atoms with E-state index in [1.165, 1.54) is 25.7 Å². The van der Waals surface area contributed by atoms with Crippen molar-refractivity contribution >= 4 is 47.5 Å². The van der Waals surface area contributed by atoms with Gasteiger partial charge in [-0.05, 0) is 24.9 Å². The van der Waals surface area contributed by atoms with Crippen LogP contribution in [-0.2, 0) is 0 Å². The number of hydrogen-bond donors (Lipinski definition) is 1. The first-order valence-corrected chi connectivity index (χ1v) is 8.64. The number of rotatable bonds is 8. The van der Waals surface area contributed by atoms with Gasteiger partial charge in [0.05, 0.1) is 0 Å². The first-order chi connectivity index (χ1) is 7.36. The van der Waals surface area contributed by atoms with Crippen molar-refractivity contribution in [3.05, 3.63) is 0 Å². The molecule has 15 heavy (non-hydrogen) atoms. The molecule has 0 atom stereocenters. The summed E-state index contributed by atoms with van der Waals surface area (Å²) in [5.41, 5.74) is 0. The first-order valence-electron chi connectivity index (χ1n) is 4.98. The van der Waals surface area contributed by atoms with E-state index in [2.05, 4.69) is 22.8 Å². The van der Waals surface area contributed by atoms with E-state index in [1.54, 1.807) is 23.1 Å². The maximum absolute atomic E-state index is 4.19. The van der Waals surface area contributed by atoms with E-state index in [9.17, 15) is 0 Å². The van der Waals surface area contributed by atoms with Crippen molar-refractivity contribution in [1.29, 1.82) is 0 Å². The minimum absolute atomic E-state index is 1.01. The molecule has 0 aromatic carbocycles. The molecular formula is C9H16N2S4. The normalized spacial score (nSPS) is 10.8. The number of thioether (sulfide) groups is 2. The van der Waals surface area contributed by atoms with E-state index in [0.717, 1.165) is 20.2 Å². The van der Waals surface area contributed by atoms with Crippen molar-refractivity contribution in [2.24, 2.45) is 0 Å². The topological polar surface area (TPSA) is 25.8 Å². The van der Waals surface area contributed by atoms with Gasteiger partial charge in [-0.3, -0.25) is 0 Å². The quantitative estimate of drug-likeness (QED) is 0.444. The monoisotopic (exact) mass is 280 g/mol. The summed E-state index contributed by atoms with van der Waals surface area (Å²) in [4.78, 5) is 0. The largest absolute Gasteiger partial charge is 0.179 e. The van der Waals surface area contributed by atoms with Gasteiger partial charge in [0.2, 0.25) is 0 Å². The van der Waals surface area contributed by atoms with Gasteiger partial charge < -0.3 is 0 Å². The SMILES string of the molecule is CSc1nnc(SCCCCCCS)s1. The smallest absolute Gasteiger partial charge is 0.175 e. The molecule has 1 aromatic rings. The second-order valence-electron chi connectivity index (χ2n) is 3.02. The Kier molecular flexibility index (Phi) is 7.96. The zero-order valence-corrected chi connectivity index (χ0v) is 12.2. The summed E-state index contributed by atoms with van der Waals surface area (Å²) in [6.45, 7) is 0. The lowest BCUT2D eigenvalue weighted by molar-refractivity contribution is 0.712. The van der Waals surface area contributed by atoms with Crippen LogP contribution in [0.15, 0.2) is 8.68 Å². The predicted molar refractivity (Wildman–Crippen MR) is 74.7 cm³/mol. The Morgan fingerprint density at radius 1 is 1.13 bits per heavy atom. The van der Waals surface area contributed by atoms with E-state index >= 15 is 0 Å². The number of aromatic nitrogens is 2. The van der Waals surface area contributed by atoms with Crippen LogP contribution in [0.3, 0.4) is 0 Å². The second-order valence-corrected chi connectivity index (χ2v) is 6.84. The molecule has 0 spiro atoms. The molecule has 0 unspecified atom stereocenters. The fraction of sp³-hybridized carbons (Fsp3) is 0.778. The van der Waals surface area contributed by atoms with Crippen molar-refractivity contribution in [2.45, 2.75) is 34.4 Å². The van der Waals surface area contributed by atoms with Crippen molar-refractivity contribution < 1.29 is 0 Å². The summed E-state index contributed by atoms with van der Waals surface area (Å²) in [6, 6.07) is 0. The van der Waals surface area contributed by atoms with Gasteiger partial charge in [-0.15, -0.1) is 10.2 Å². The Morgan fingerprint density at radius 2 is 1.87 bits per heavy atom. The molecule has 6 heteroatoms. The van der Waals surface area contributed by atoms with Crippen LogP contribution in [0, 0.1) is 0 Å². The molecule has 0 bridgehead atoms. The average Bonchev–Trinajstić information content (AvgIpc) is 2.71. The van der Waals surface area contributed by atoms with E-state index in [4.69, 9.17) is 0 Å². The Labute approximate surface area is 109 Å². The molecule has 1 aromatic heterocycles. The molecule has 2 nitrogen and oxygen atoms in total. The Bertz CT molecular complexity index is 264. The van der Waals surface area contributed by atoms with Gasteiger partial charge in [-0.1, -0.05) is 47.7 Å². The first kappa shape index (κ1) is 13.7. The highest BCUT2D eigenvalue weighted by atomic mass is 32.2. The summed E-state index contributed by atoms with van der Waals surface area (Å²) in [5, 5.41) is 8.18. The molecule has 0 fully saturated rings.